The number of nitrogens with two attached hydrogens (primary N) is 1. The third-order valence-electron chi connectivity index (χ3n) is 2.22. The van der Waals surface area contributed by atoms with Gasteiger partial charge in [0.15, 0.2) is 0 Å². The molecule has 0 saturated heterocycles. The van der Waals surface area contributed by atoms with Crippen molar-refractivity contribution in [2.24, 2.45) is 0 Å². The monoisotopic (exact) mass is 217 g/mol. The molecule has 1 aromatic rings. The Morgan fingerprint density at radius 3 is 2.56 bits per heavy atom. The van der Waals surface area contributed by atoms with Gasteiger partial charge in [0.2, 0.25) is 0 Å². The zero-order valence-corrected chi connectivity index (χ0v) is 9.41. The molecule has 0 fully saturated rings. The van der Waals surface area contributed by atoms with Gasteiger partial charge in [-0.1, -0.05) is 36.9 Å². The minimum absolute atomic E-state index is 0.473. The fourth-order valence-corrected chi connectivity index (χ4v) is 1.22. The Labute approximate surface area is 95.8 Å². The lowest BCUT2D eigenvalue weighted by Crippen LogP contribution is -1.84. The minimum Gasteiger partial charge on any atom is -0.399 e. The maximum Gasteiger partial charge on any atom is 0.114 e. The number of rotatable bonds is 4. The van der Waals surface area contributed by atoms with E-state index < -0.39 is 6.67 Å². The summed E-state index contributed by atoms with van der Waals surface area (Å²) in [7, 11) is 0. The molecular weight excluding hydrogens is 201 g/mol. The summed E-state index contributed by atoms with van der Waals surface area (Å²) >= 11 is 0. The third kappa shape index (κ3) is 3.73. The normalized spacial score (nSPS) is 12.0. The van der Waals surface area contributed by atoms with Gasteiger partial charge in [-0.2, -0.15) is 0 Å². The smallest absolute Gasteiger partial charge is 0.114 e. The Morgan fingerprint density at radius 1 is 1.38 bits per heavy atom. The summed E-state index contributed by atoms with van der Waals surface area (Å²) in [5, 5.41) is 0. The van der Waals surface area contributed by atoms with E-state index in [1.165, 1.54) is 0 Å². The molecule has 1 rings (SSSR count). The maximum absolute atomic E-state index is 12.1. The van der Waals surface area contributed by atoms with Crippen molar-refractivity contribution in [2.45, 2.75) is 6.92 Å². The van der Waals surface area contributed by atoms with Gasteiger partial charge in [-0.25, -0.2) is 4.39 Å². The van der Waals surface area contributed by atoms with E-state index in [4.69, 9.17) is 5.73 Å². The molecule has 0 radical (unpaired) electrons. The Bertz CT molecular complexity index is 413. The van der Waals surface area contributed by atoms with Crippen molar-refractivity contribution in [3.63, 3.8) is 0 Å². The van der Waals surface area contributed by atoms with Crippen LogP contribution in [0, 0.1) is 0 Å². The van der Waals surface area contributed by atoms with Gasteiger partial charge in [-0.05, 0) is 35.8 Å². The second-order valence-electron chi connectivity index (χ2n) is 3.62. The van der Waals surface area contributed by atoms with Crippen molar-refractivity contribution in [1.29, 1.82) is 0 Å². The summed E-state index contributed by atoms with van der Waals surface area (Å²) in [5.41, 5.74) is 9.02. The van der Waals surface area contributed by atoms with Gasteiger partial charge in [0.1, 0.15) is 6.67 Å². The molecule has 0 aromatic heterocycles. The topological polar surface area (TPSA) is 26.0 Å². The number of anilines is 1. The number of alkyl halides is 1. The lowest BCUT2D eigenvalue weighted by Gasteiger charge is -2.00. The second-order valence-corrected chi connectivity index (χ2v) is 3.62. The van der Waals surface area contributed by atoms with E-state index in [0.29, 0.717) is 5.57 Å². The highest BCUT2D eigenvalue weighted by molar-refractivity contribution is 5.66. The first-order chi connectivity index (χ1) is 7.63. The summed E-state index contributed by atoms with van der Waals surface area (Å²) in [6.45, 7) is 5.03. The molecule has 1 aromatic carbocycles. The fourth-order valence-electron chi connectivity index (χ4n) is 1.22. The molecule has 16 heavy (non-hydrogen) atoms. The van der Waals surface area contributed by atoms with E-state index in [1.807, 2.05) is 37.3 Å². The minimum atomic E-state index is -0.509. The molecule has 0 saturated carbocycles. The van der Waals surface area contributed by atoms with Crippen LogP contribution in [-0.4, -0.2) is 6.67 Å². The quantitative estimate of drug-likeness (QED) is 0.603. The number of hydrogen-bond acceptors (Lipinski definition) is 1. The number of nitrogen functional groups attached to an aromatic ring is 1. The first kappa shape index (κ1) is 12.2. The second kappa shape index (κ2) is 5.91. The van der Waals surface area contributed by atoms with E-state index in [0.717, 1.165) is 16.8 Å². The summed E-state index contributed by atoms with van der Waals surface area (Å²) in [6.07, 6.45) is 5.39. The lowest BCUT2D eigenvalue weighted by molar-refractivity contribution is 0.550. The molecule has 0 amide bonds. The van der Waals surface area contributed by atoms with E-state index in [9.17, 15) is 4.39 Å². The molecule has 84 valence electrons. The molecule has 0 aliphatic carbocycles. The molecule has 0 atom stereocenters. The zero-order chi connectivity index (χ0) is 12.0. The van der Waals surface area contributed by atoms with Crippen LogP contribution in [0.5, 0.6) is 0 Å². The average molecular weight is 217 g/mol. The zero-order valence-electron chi connectivity index (χ0n) is 9.41. The van der Waals surface area contributed by atoms with Crippen LogP contribution in [0.25, 0.3) is 5.57 Å². The van der Waals surface area contributed by atoms with Gasteiger partial charge >= 0.3 is 0 Å². The molecule has 0 aliphatic rings. The lowest BCUT2D eigenvalue weighted by atomic mass is 10.1. The summed E-state index contributed by atoms with van der Waals surface area (Å²) in [6, 6.07) is 7.63. The van der Waals surface area contributed by atoms with Gasteiger partial charge in [0, 0.05) is 5.69 Å². The summed E-state index contributed by atoms with van der Waals surface area (Å²) < 4.78 is 12.1. The third-order valence-corrected chi connectivity index (χ3v) is 2.22. The highest BCUT2D eigenvalue weighted by Gasteiger charge is 1.93. The Morgan fingerprint density at radius 2 is 2.00 bits per heavy atom. The average Bonchev–Trinajstić information content (AvgIpc) is 2.29. The number of allylic oxidation sites excluding steroid dienone is 5. The van der Waals surface area contributed by atoms with Crippen LogP contribution in [0.15, 0.2) is 54.6 Å². The van der Waals surface area contributed by atoms with Crippen molar-refractivity contribution in [1.82, 2.24) is 0 Å². The van der Waals surface area contributed by atoms with Gasteiger partial charge in [-0.3, -0.25) is 0 Å². The predicted octanol–water partition coefficient (Wildman–Crippen LogP) is 3.75. The maximum atomic E-state index is 12.1. The highest BCUT2D eigenvalue weighted by atomic mass is 19.1. The standard InChI is InChI=1S/C14H16FN/c1-11(10-15)4-3-5-12(2)13-6-8-14(16)9-7-13/h3-9H,1,10,16H2,2H3/b4-3-,12-5+. The number of benzene rings is 1. The molecule has 0 spiro atoms. The van der Waals surface area contributed by atoms with Crippen molar-refractivity contribution in [3.05, 3.63) is 60.2 Å². The Hall–Kier alpha value is -1.83. The summed E-state index contributed by atoms with van der Waals surface area (Å²) in [4.78, 5) is 0. The van der Waals surface area contributed by atoms with Crippen LogP contribution in [0.2, 0.25) is 0 Å². The van der Waals surface area contributed by atoms with E-state index in [1.54, 1.807) is 12.2 Å². The van der Waals surface area contributed by atoms with Gasteiger partial charge < -0.3 is 5.73 Å². The van der Waals surface area contributed by atoms with E-state index in [2.05, 4.69) is 6.58 Å². The molecule has 1 nitrogen and oxygen atoms in total. The first-order valence-corrected chi connectivity index (χ1v) is 5.08. The molecule has 2 heteroatoms. The Balaban J connectivity index is 2.74. The van der Waals surface area contributed by atoms with Crippen LogP contribution in [-0.2, 0) is 0 Å². The van der Waals surface area contributed by atoms with Gasteiger partial charge in [0.05, 0.1) is 0 Å². The van der Waals surface area contributed by atoms with Crippen LogP contribution >= 0.6 is 0 Å². The highest BCUT2D eigenvalue weighted by Crippen LogP contribution is 2.15. The molecule has 0 bridgehead atoms. The van der Waals surface area contributed by atoms with Crippen LogP contribution < -0.4 is 5.73 Å². The van der Waals surface area contributed by atoms with E-state index >= 15 is 0 Å². The van der Waals surface area contributed by atoms with Crippen molar-refractivity contribution >= 4 is 11.3 Å². The van der Waals surface area contributed by atoms with Crippen molar-refractivity contribution in [3.8, 4) is 0 Å². The largest absolute Gasteiger partial charge is 0.399 e. The van der Waals surface area contributed by atoms with E-state index in [-0.39, 0.29) is 0 Å². The fraction of sp³-hybridized carbons (Fsp3) is 0.143. The molecule has 0 unspecified atom stereocenters. The number of hydrogen-bond donors (Lipinski definition) is 1. The molecule has 0 heterocycles. The van der Waals surface area contributed by atoms with Crippen LogP contribution in [0.4, 0.5) is 10.1 Å². The van der Waals surface area contributed by atoms with Crippen molar-refractivity contribution < 1.29 is 4.39 Å². The van der Waals surface area contributed by atoms with Crippen molar-refractivity contribution in [2.75, 3.05) is 12.4 Å². The molecule has 0 aliphatic heterocycles. The summed E-state index contributed by atoms with van der Waals surface area (Å²) in [5.74, 6) is 0. The Kier molecular flexibility index (Phi) is 4.52. The van der Waals surface area contributed by atoms with Gasteiger partial charge in [0.25, 0.3) is 0 Å². The SMILES string of the molecule is C=C(/C=C\C=C(/C)c1ccc(N)cc1)CF. The molecule has 2 N–H and O–H groups in total. The first-order valence-electron chi connectivity index (χ1n) is 5.08. The van der Waals surface area contributed by atoms with Crippen LogP contribution in [0.1, 0.15) is 12.5 Å². The predicted molar refractivity (Wildman–Crippen MR) is 68.8 cm³/mol. The van der Waals surface area contributed by atoms with Crippen LogP contribution in [0.3, 0.4) is 0 Å². The number of halogens is 1. The van der Waals surface area contributed by atoms with Gasteiger partial charge in [-0.15, -0.1) is 0 Å². The molecular formula is C14H16FN.